The van der Waals surface area contributed by atoms with Gasteiger partial charge in [0.15, 0.2) is 0 Å². The highest BCUT2D eigenvalue weighted by atomic mass is 79.9. The van der Waals surface area contributed by atoms with Gasteiger partial charge in [0.1, 0.15) is 5.82 Å². The molecule has 2 rings (SSSR count). The molecule has 2 aromatic rings. The van der Waals surface area contributed by atoms with Gasteiger partial charge in [-0.3, -0.25) is 10.1 Å². The van der Waals surface area contributed by atoms with E-state index in [1.807, 2.05) is 6.07 Å². The van der Waals surface area contributed by atoms with Gasteiger partial charge in [-0.15, -0.1) is 0 Å². The summed E-state index contributed by atoms with van der Waals surface area (Å²) in [5, 5.41) is 22.5. The number of hydrogen-bond donors (Lipinski definition) is 1. The summed E-state index contributed by atoms with van der Waals surface area (Å²) in [6, 6.07) is 10.4. The molecule has 0 atom stereocenters. The monoisotopic (exact) mass is 349 g/mol. The predicted molar refractivity (Wildman–Crippen MR) is 79.2 cm³/mol. The molecule has 0 unspecified atom stereocenters. The third kappa shape index (κ3) is 3.77. The number of nitro groups is 1. The summed E-state index contributed by atoms with van der Waals surface area (Å²) in [6.07, 6.45) is 0. The van der Waals surface area contributed by atoms with Crippen LogP contribution in [0.4, 0.5) is 15.8 Å². The third-order valence-electron chi connectivity index (χ3n) is 2.73. The van der Waals surface area contributed by atoms with E-state index in [4.69, 9.17) is 5.26 Å². The molecule has 7 heteroatoms. The van der Waals surface area contributed by atoms with Gasteiger partial charge in [0.25, 0.3) is 5.69 Å². The standard InChI is InChI=1S/C14H9BrFN3O2/c15-13-5-9(7-17)1-2-14(13)18-8-10-3-11(16)6-12(4-10)19(20)21/h1-6,18H,8H2. The van der Waals surface area contributed by atoms with Crippen LogP contribution in [0.1, 0.15) is 11.1 Å². The smallest absolute Gasteiger partial charge is 0.272 e. The molecule has 0 saturated carbocycles. The zero-order chi connectivity index (χ0) is 15.4. The lowest BCUT2D eigenvalue weighted by molar-refractivity contribution is -0.385. The van der Waals surface area contributed by atoms with Crippen LogP contribution < -0.4 is 5.32 Å². The summed E-state index contributed by atoms with van der Waals surface area (Å²) in [5.41, 5.74) is 1.39. The van der Waals surface area contributed by atoms with Gasteiger partial charge in [0, 0.05) is 22.8 Å². The molecule has 0 aromatic heterocycles. The van der Waals surface area contributed by atoms with Crippen molar-refractivity contribution in [3.63, 3.8) is 0 Å². The van der Waals surface area contributed by atoms with E-state index >= 15 is 0 Å². The Morgan fingerprint density at radius 2 is 2.10 bits per heavy atom. The lowest BCUT2D eigenvalue weighted by atomic mass is 10.1. The number of non-ortho nitro benzene ring substituents is 1. The van der Waals surface area contributed by atoms with Crippen molar-refractivity contribution in [3.05, 3.63) is 67.9 Å². The SMILES string of the molecule is N#Cc1ccc(NCc2cc(F)cc([N+](=O)[O-])c2)c(Br)c1. The summed E-state index contributed by atoms with van der Waals surface area (Å²) >= 11 is 3.32. The maximum atomic E-state index is 13.3. The number of nitriles is 1. The summed E-state index contributed by atoms with van der Waals surface area (Å²) in [5.74, 6) is -0.653. The van der Waals surface area contributed by atoms with Gasteiger partial charge < -0.3 is 5.32 Å². The van der Waals surface area contributed by atoms with Crippen LogP contribution in [-0.4, -0.2) is 4.92 Å². The lowest BCUT2D eigenvalue weighted by Crippen LogP contribution is -2.02. The fourth-order valence-electron chi connectivity index (χ4n) is 1.77. The predicted octanol–water partition coefficient (Wildman–Crippen LogP) is 3.98. The summed E-state index contributed by atoms with van der Waals surface area (Å²) < 4.78 is 14.0. The molecule has 0 heterocycles. The summed E-state index contributed by atoms with van der Waals surface area (Å²) in [4.78, 5) is 10.0. The third-order valence-corrected chi connectivity index (χ3v) is 3.39. The first-order chi connectivity index (χ1) is 9.99. The molecule has 0 radical (unpaired) electrons. The minimum Gasteiger partial charge on any atom is -0.380 e. The largest absolute Gasteiger partial charge is 0.380 e. The van der Waals surface area contributed by atoms with E-state index in [0.29, 0.717) is 21.3 Å². The topological polar surface area (TPSA) is 79.0 Å². The van der Waals surface area contributed by atoms with Crippen LogP contribution in [0, 0.1) is 27.3 Å². The molecular weight excluding hydrogens is 341 g/mol. The Bertz CT molecular complexity index is 743. The van der Waals surface area contributed by atoms with Crippen LogP contribution in [0.15, 0.2) is 40.9 Å². The van der Waals surface area contributed by atoms with E-state index in [-0.39, 0.29) is 12.2 Å². The van der Waals surface area contributed by atoms with Crippen molar-refractivity contribution in [2.24, 2.45) is 0 Å². The van der Waals surface area contributed by atoms with Crippen LogP contribution in [-0.2, 0) is 6.54 Å². The summed E-state index contributed by atoms with van der Waals surface area (Å²) in [6.45, 7) is 0.225. The maximum absolute atomic E-state index is 13.3. The van der Waals surface area contributed by atoms with Gasteiger partial charge in [-0.05, 0) is 45.8 Å². The number of nitro benzene ring substituents is 1. The second-order valence-corrected chi connectivity index (χ2v) is 5.09. The van der Waals surface area contributed by atoms with Gasteiger partial charge in [-0.1, -0.05) is 0 Å². The van der Waals surface area contributed by atoms with Crippen molar-refractivity contribution in [2.45, 2.75) is 6.54 Å². The van der Waals surface area contributed by atoms with Crippen LogP contribution in [0.25, 0.3) is 0 Å². The molecule has 0 bridgehead atoms. The van der Waals surface area contributed by atoms with E-state index < -0.39 is 10.7 Å². The van der Waals surface area contributed by atoms with Crippen LogP contribution in [0.5, 0.6) is 0 Å². The first kappa shape index (κ1) is 14.9. The molecule has 1 N–H and O–H groups in total. The number of anilines is 1. The average molecular weight is 350 g/mol. The maximum Gasteiger partial charge on any atom is 0.272 e. The Hall–Kier alpha value is -2.46. The van der Waals surface area contributed by atoms with Crippen molar-refractivity contribution in [1.29, 1.82) is 5.26 Å². The van der Waals surface area contributed by atoms with Gasteiger partial charge in [-0.2, -0.15) is 5.26 Å². The van der Waals surface area contributed by atoms with Crippen molar-refractivity contribution in [1.82, 2.24) is 0 Å². The number of rotatable bonds is 4. The van der Waals surface area contributed by atoms with Crippen LogP contribution in [0.2, 0.25) is 0 Å². The second-order valence-electron chi connectivity index (χ2n) is 4.23. The first-order valence-electron chi connectivity index (χ1n) is 5.87. The van der Waals surface area contributed by atoms with E-state index in [1.54, 1.807) is 18.2 Å². The molecule has 0 amide bonds. The fourth-order valence-corrected chi connectivity index (χ4v) is 2.29. The number of hydrogen-bond acceptors (Lipinski definition) is 4. The molecule has 0 aliphatic carbocycles. The molecule has 0 fully saturated rings. The van der Waals surface area contributed by atoms with Crippen LogP contribution >= 0.6 is 15.9 Å². The van der Waals surface area contributed by atoms with Gasteiger partial charge in [0.2, 0.25) is 0 Å². The van der Waals surface area contributed by atoms with Crippen molar-refractivity contribution in [3.8, 4) is 6.07 Å². The van der Waals surface area contributed by atoms with E-state index in [0.717, 1.165) is 6.07 Å². The quantitative estimate of drug-likeness (QED) is 0.668. The Balaban J connectivity index is 2.17. The number of halogens is 2. The molecule has 0 saturated heterocycles. The Labute approximate surface area is 128 Å². The van der Waals surface area contributed by atoms with Crippen molar-refractivity contribution in [2.75, 3.05) is 5.32 Å². The average Bonchev–Trinajstić information content (AvgIpc) is 2.45. The molecule has 0 aliphatic heterocycles. The van der Waals surface area contributed by atoms with Gasteiger partial charge >= 0.3 is 0 Å². The molecular formula is C14H9BrFN3O2. The number of nitrogens with one attached hydrogen (secondary N) is 1. The Morgan fingerprint density at radius 3 is 2.71 bits per heavy atom. The van der Waals surface area contributed by atoms with E-state index in [2.05, 4.69) is 21.2 Å². The molecule has 21 heavy (non-hydrogen) atoms. The highest BCUT2D eigenvalue weighted by Crippen LogP contribution is 2.24. The fraction of sp³-hybridized carbons (Fsp3) is 0.0714. The van der Waals surface area contributed by atoms with Crippen molar-refractivity contribution < 1.29 is 9.31 Å². The first-order valence-corrected chi connectivity index (χ1v) is 6.66. The van der Waals surface area contributed by atoms with E-state index in [1.165, 1.54) is 12.1 Å². The normalized spacial score (nSPS) is 9.95. The number of nitrogens with zero attached hydrogens (tertiary/aromatic N) is 2. The molecule has 0 aliphatic rings. The zero-order valence-electron chi connectivity index (χ0n) is 10.6. The second kappa shape index (κ2) is 6.33. The Morgan fingerprint density at radius 1 is 1.33 bits per heavy atom. The zero-order valence-corrected chi connectivity index (χ0v) is 12.2. The minimum atomic E-state index is -0.653. The summed E-state index contributed by atoms with van der Waals surface area (Å²) in [7, 11) is 0. The number of benzene rings is 2. The lowest BCUT2D eigenvalue weighted by Gasteiger charge is -2.09. The van der Waals surface area contributed by atoms with Crippen LogP contribution in [0.3, 0.4) is 0 Å². The highest BCUT2D eigenvalue weighted by molar-refractivity contribution is 9.10. The highest BCUT2D eigenvalue weighted by Gasteiger charge is 2.10. The van der Waals surface area contributed by atoms with Crippen molar-refractivity contribution >= 4 is 27.3 Å². The van der Waals surface area contributed by atoms with E-state index in [9.17, 15) is 14.5 Å². The molecule has 0 spiro atoms. The minimum absolute atomic E-state index is 0.225. The van der Waals surface area contributed by atoms with Gasteiger partial charge in [0.05, 0.1) is 22.6 Å². The molecule has 106 valence electrons. The van der Waals surface area contributed by atoms with Gasteiger partial charge in [-0.25, -0.2) is 4.39 Å². The molecule has 2 aromatic carbocycles. The molecule has 5 nitrogen and oxygen atoms in total. The Kier molecular flexibility index (Phi) is 4.50.